The monoisotopic (exact) mass is 280 g/mol. The SMILES string of the molecule is C#CC#CC#CC1(C)c2cc(C)ccc2-c2ccc(C)cc21. The molecule has 0 heteroatoms. The summed E-state index contributed by atoms with van der Waals surface area (Å²) in [5.74, 6) is 13.9. The van der Waals surface area contributed by atoms with E-state index in [1.807, 2.05) is 0 Å². The molecule has 1 aliphatic rings. The van der Waals surface area contributed by atoms with Crippen LogP contribution in [0.25, 0.3) is 11.1 Å². The van der Waals surface area contributed by atoms with Crippen molar-refractivity contribution >= 4 is 0 Å². The van der Waals surface area contributed by atoms with Crippen molar-refractivity contribution in [2.24, 2.45) is 0 Å². The number of hydrogen-bond acceptors (Lipinski definition) is 0. The molecular weight excluding hydrogens is 264 g/mol. The Kier molecular flexibility index (Phi) is 3.29. The predicted molar refractivity (Wildman–Crippen MR) is 92.2 cm³/mol. The van der Waals surface area contributed by atoms with Gasteiger partial charge in [0.25, 0.3) is 0 Å². The second-order valence-electron chi connectivity index (χ2n) is 5.87. The first-order valence-corrected chi connectivity index (χ1v) is 7.26. The quantitative estimate of drug-likeness (QED) is 0.634. The zero-order valence-electron chi connectivity index (χ0n) is 13.0. The van der Waals surface area contributed by atoms with Crippen molar-refractivity contribution in [3.63, 3.8) is 0 Å². The maximum Gasteiger partial charge on any atom is 0.0806 e. The summed E-state index contributed by atoms with van der Waals surface area (Å²) in [5.41, 5.74) is 7.18. The van der Waals surface area contributed by atoms with E-state index in [1.165, 1.54) is 33.4 Å². The van der Waals surface area contributed by atoms with Gasteiger partial charge in [0.2, 0.25) is 0 Å². The molecule has 0 amide bonds. The highest BCUT2D eigenvalue weighted by Crippen LogP contribution is 2.49. The van der Waals surface area contributed by atoms with Crippen molar-refractivity contribution in [1.29, 1.82) is 0 Å². The third-order valence-corrected chi connectivity index (χ3v) is 4.23. The van der Waals surface area contributed by atoms with Crippen molar-refractivity contribution in [2.75, 3.05) is 0 Å². The van der Waals surface area contributed by atoms with E-state index in [-0.39, 0.29) is 5.41 Å². The van der Waals surface area contributed by atoms with Crippen LogP contribution in [-0.2, 0) is 5.41 Å². The first-order chi connectivity index (χ1) is 10.6. The topological polar surface area (TPSA) is 0 Å². The van der Waals surface area contributed by atoms with Gasteiger partial charge in [-0.3, -0.25) is 0 Å². The second kappa shape index (κ2) is 5.15. The lowest BCUT2D eigenvalue weighted by Crippen LogP contribution is -2.18. The van der Waals surface area contributed by atoms with E-state index in [9.17, 15) is 0 Å². The first-order valence-electron chi connectivity index (χ1n) is 7.26. The van der Waals surface area contributed by atoms with E-state index in [0.29, 0.717) is 0 Å². The lowest BCUT2D eigenvalue weighted by molar-refractivity contribution is 0.776. The summed E-state index contributed by atoms with van der Waals surface area (Å²) in [6.45, 7) is 6.39. The third kappa shape index (κ3) is 2.09. The summed E-state index contributed by atoms with van der Waals surface area (Å²) in [5, 5.41) is 0. The molecule has 0 saturated carbocycles. The van der Waals surface area contributed by atoms with Crippen molar-refractivity contribution in [1.82, 2.24) is 0 Å². The van der Waals surface area contributed by atoms with Gasteiger partial charge in [-0.05, 0) is 66.7 Å². The Morgan fingerprint density at radius 3 is 1.86 bits per heavy atom. The van der Waals surface area contributed by atoms with Crippen LogP contribution in [0.5, 0.6) is 0 Å². The van der Waals surface area contributed by atoms with Gasteiger partial charge >= 0.3 is 0 Å². The minimum Gasteiger partial charge on any atom is -0.106 e. The summed E-state index contributed by atoms with van der Waals surface area (Å²) >= 11 is 0. The molecule has 0 atom stereocenters. The molecule has 0 aliphatic heterocycles. The van der Waals surface area contributed by atoms with E-state index in [1.54, 1.807) is 0 Å². The van der Waals surface area contributed by atoms with Gasteiger partial charge in [-0.2, -0.15) is 0 Å². The van der Waals surface area contributed by atoms with Gasteiger partial charge < -0.3 is 0 Å². The smallest absolute Gasteiger partial charge is 0.0806 e. The number of terminal acetylenes is 1. The van der Waals surface area contributed by atoms with E-state index in [0.717, 1.165) is 0 Å². The summed E-state index contributed by atoms with van der Waals surface area (Å²) in [6.07, 6.45) is 5.16. The molecule has 0 fully saturated rings. The van der Waals surface area contributed by atoms with E-state index < -0.39 is 0 Å². The number of hydrogen-bond donors (Lipinski definition) is 0. The van der Waals surface area contributed by atoms with Gasteiger partial charge in [-0.1, -0.05) is 53.4 Å². The van der Waals surface area contributed by atoms with Gasteiger partial charge in [0.15, 0.2) is 0 Å². The normalized spacial score (nSPS) is 12.8. The Bertz CT molecular complexity index is 876. The number of benzene rings is 2. The molecule has 1 aliphatic carbocycles. The molecule has 3 rings (SSSR count). The molecule has 0 unspecified atom stereocenters. The number of fused-ring (bicyclic) bond motifs is 3. The van der Waals surface area contributed by atoms with Crippen LogP contribution < -0.4 is 0 Å². The van der Waals surface area contributed by atoms with Crippen LogP contribution in [0.15, 0.2) is 36.4 Å². The summed E-state index contributed by atoms with van der Waals surface area (Å²) in [7, 11) is 0. The average molecular weight is 280 g/mol. The standard InChI is InChI=1S/C22H16/c1-5-6-7-8-13-22(4)20-14-16(2)9-11-18(20)19-12-10-17(3)15-21(19)22/h1,9-12,14-15H,2-4H3. The van der Waals surface area contributed by atoms with Gasteiger partial charge in [0.05, 0.1) is 5.41 Å². The lowest BCUT2D eigenvalue weighted by atomic mass is 9.80. The molecule has 22 heavy (non-hydrogen) atoms. The molecule has 0 bridgehead atoms. The van der Waals surface area contributed by atoms with Gasteiger partial charge in [0.1, 0.15) is 0 Å². The molecule has 0 aromatic heterocycles. The zero-order valence-corrected chi connectivity index (χ0v) is 13.0. The second-order valence-corrected chi connectivity index (χ2v) is 5.87. The maximum atomic E-state index is 5.16. The number of aryl methyl sites for hydroxylation is 2. The minimum atomic E-state index is -0.341. The molecular formula is C22H16. The highest BCUT2D eigenvalue weighted by molar-refractivity contribution is 5.83. The molecule has 0 heterocycles. The Morgan fingerprint density at radius 1 is 0.818 bits per heavy atom. The van der Waals surface area contributed by atoms with Gasteiger partial charge in [0, 0.05) is 0 Å². The Labute approximate surface area is 132 Å². The Balaban J connectivity index is 2.30. The van der Waals surface area contributed by atoms with Crippen molar-refractivity contribution in [2.45, 2.75) is 26.2 Å². The van der Waals surface area contributed by atoms with E-state index in [4.69, 9.17) is 6.42 Å². The lowest BCUT2D eigenvalue weighted by Gasteiger charge is -2.21. The molecule has 0 saturated heterocycles. The predicted octanol–water partition coefficient (Wildman–Crippen LogP) is 4.23. The molecule has 0 N–H and O–H groups in total. The fourth-order valence-electron chi connectivity index (χ4n) is 3.12. The fourth-order valence-corrected chi connectivity index (χ4v) is 3.12. The van der Waals surface area contributed by atoms with Crippen LogP contribution >= 0.6 is 0 Å². The summed E-state index contributed by atoms with van der Waals surface area (Å²) in [6, 6.07) is 13.2. The van der Waals surface area contributed by atoms with Gasteiger partial charge in [-0.15, -0.1) is 6.42 Å². The Hall–Kier alpha value is -2.88. The van der Waals surface area contributed by atoms with Crippen molar-refractivity contribution < 1.29 is 0 Å². The molecule has 0 nitrogen and oxygen atoms in total. The molecule has 0 spiro atoms. The third-order valence-electron chi connectivity index (χ3n) is 4.23. The van der Waals surface area contributed by atoms with Crippen LogP contribution in [0.2, 0.25) is 0 Å². The maximum absolute atomic E-state index is 5.16. The zero-order chi connectivity index (χ0) is 15.7. The molecule has 2 aromatic rings. The van der Waals surface area contributed by atoms with Crippen LogP contribution in [-0.4, -0.2) is 0 Å². The first kappa shape index (κ1) is 14.1. The van der Waals surface area contributed by atoms with E-state index >= 15 is 0 Å². The van der Waals surface area contributed by atoms with Crippen LogP contribution in [0.4, 0.5) is 0 Å². The summed E-state index contributed by atoms with van der Waals surface area (Å²) in [4.78, 5) is 0. The largest absolute Gasteiger partial charge is 0.106 e. The number of rotatable bonds is 0. The van der Waals surface area contributed by atoms with E-state index in [2.05, 4.69) is 86.8 Å². The summed E-state index contributed by atoms with van der Waals surface area (Å²) < 4.78 is 0. The van der Waals surface area contributed by atoms with Crippen molar-refractivity contribution in [3.05, 3.63) is 58.7 Å². The fraction of sp³-hybridized carbons (Fsp3) is 0.182. The minimum absolute atomic E-state index is 0.341. The molecule has 104 valence electrons. The van der Waals surface area contributed by atoms with Crippen LogP contribution in [0, 0.1) is 49.9 Å². The van der Waals surface area contributed by atoms with Gasteiger partial charge in [-0.25, -0.2) is 0 Å². The Morgan fingerprint density at radius 2 is 1.36 bits per heavy atom. The molecule has 2 aromatic carbocycles. The molecule has 0 radical (unpaired) electrons. The van der Waals surface area contributed by atoms with Crippen molar-refractivity contribution in [3.8, 4) is 47.2 Å². The van der Waals surface area contributed by atoms with Crippen LogP contribution in [0.1, 0.15) is 29.2 Å². The highest BCUT2D eigenvalue weighted by Gasteiger charge is 2.38. The highest BCUT2D eigenvalue weighted by atomic mass is 14.4. The van der Waals surface area contributed by atoms with Crippen LogP contribution in [0.3, 0.4) is 0 Å². The average Bonchev–Trinajstić information content (AvgIpc) is 2.73.